The first-order valence-corrected chi connectivity index (χ1v) is 10.6. The highest BCUT2D eigenvalue weighted by Crippen LogP contribution is 2.30. The van der Waals surface area contributed by atoms with Gasteiger partial charge < -0.3 is 9.64 Å². The standard InChI is InChI=1S/C23H25BrN2O/c1-2-20-7-3-4-15-26(20)22-14-11-18-6-5-8-21(23(18)25-22)27-16-17-9-12-19(24)13-10-17/h5-6,8-14,20H,2-4,7,15-16H2,1H3. The van der Waals surface area contributed by atoms with Gasteiger partial charge in [-0.3, -0.25) is 0 Å². The van der Waals surface area contributed by atoms with Crippen molar-refractivity contribution in [1.29, 1.82) is 0 Å². The van der Waals surface area contributed by atoms with Gasteiger partial charge in [0.1, 0.15) is 23.7 Å². The quantitative estimate of drug-likeness (QED) is 0.477. The zero-order chi connectivity index (χ0) is 18.6. The summed E-state index contributed by atoms with van der Waals surface area (Å²) in [5.41, 5.74) is 2.10. The first-order valence-electron chi connectivity index (χ1n) is 9.78. The number of ether oxygens (including phenoxy) is 1. The number of anilines is 1. The zero-order valence-corrected chi connectivity index (χ0v) is 17.3. The maximum atomic E-state index is 6.14. The van der Waals surface area contributed by atoms with Crippen molar-refractivity contribution in [2.24, 2.45) is 0 Å². The van der Waals surface area contributed by atoms with Gasteiger partial charge in [0.05, 0.1) is 0 Å². The van der Waals surface area contributed by atoms with E-state index in [-0.39, 0.29) is 0 Å². The van der Waals surface area contributed by atoms with Crippen molar-refractivity contribution in [3.05, 3.63) is 64.6 Å². The fraction of sp³-hybridized carbons (Fsp3) is 0.348. The van der Waals surface area contributed by atoms with Crippen LogP contribution in [-0.2, 0) is 6.61 Å². The van der Waals surface area contributed by atoms with Crippen LogP contribution in [0.1, 0.15) is 38.2 Å². The van der Waals surface area contributed by atoms with E-state index in [2.05, 4.69) is 58.1 Å². The van der Waals surface area contributed by atoms with Gasteiger partial charge in [0.2, 0.25) is 0 Å². The molecule has 0 N–H and O–H groups in total. The van der Waals surface area contributed by atoms with Gasteiger partial charge in [0.25, 0.3) is 0 Å². The maximum absolute atomic E-state index is 6.14. The van der Waals surface area contributed by atoms with Gasteiger partial charge in [-0.2, -0.15) is 0 Å². The van der Waals surface area contributed by atoms with Crippen LogP contribution in [-0.4, -0.2) is 17.6 Å². The lowest BCUT2D eigenvalue weighted by atomic mass is 10.00. The monoisotopic (exact) mass is 424 g/mol. The smallest absolute Gasteiger partial charge is 0.146 e. The molecule has 3 aromatic rings. The van der Waals surface area contributed by atoms with Gasteiger partial charge in [-0.1, -0.05) is 47.1 Å². The Morgan fingerprint density at radius 3 is 2.74 bits per heavy atom. The number of hydrogen-bond donors (Lipinski definition) is 0. The molecule has 1 aliphatic rings. The minimum Gasteiger partial charge on any atom is -0.487 e. The van der Waals surface area contributed by atoms with Crippen LogP contribution < -0.4 is 9.64 Å². The molecule has 140 valence electrons. The lowest BCUT2D eigenvalue weighted by Crippen LogP contribution is -2.39. The molecule has 0 spiro atoms. The lowest BCUT2D eigenvalue weighted by molar-refractivity contribution is 0.309. The van der Waals surface area contributed by atoms with E-state index >= 15 is 0 Å². The van der Waals surface area contributed by atoms with Crippen LogP contribution in [0, 0.1) is 0 Å². The molecule has 27 heavy (non-hydrogen) atoms. The lowest BCUT2D eigenvalue weighted by Gasteiger charge is -2.36. The molecule has 4 rings (SSSR count). The molecule has 3 nitrogen and oxygen atoms in total. The molecule has 0 bridgehead atoms. The molecule has 1 aliphatic heterocycles. The largest absolute Gasteiger partial charge is 0.487 e. The molecule has 0 radical (unpaired) electrons. The van der Waals surface area contributed by atoms with Crippen molar-refractivity contribution in [3.63, 3.8) is 0 Å². The minimum atomic E-state index is 0.541. The highest BCUT2D eigenvalue weighted by atomic mass is 79.9. The Morgan fingerprint density at radius 2 is 1.93 bits per heavy atom. The molecule has 4 heteroatoms. The van der Waals surface area contributed by atoms with Crippen LogP contribution in [0.2, 0.25) is 0 Å². The highest BCUT2D eigenvalue weighted by molar-refractivity contribution is 9.10. The predicted molar refractivity (Wildman–Crippen MR) is 115 cm³/mol. The van der Waals surface area contributed by atoms with E-state index in [0.717, 1.165) is 39.1 Å². The average Bonchev–Trinajstić information content (AvgIpc) is 2.73. The van der Waals surface area contributed by atoms with Crippen LogP contribution in [0.25, 0.3) is 10.9 Å². The Morgan fingerprint density at radius 1 is 1.07 bits per heavy atom. The normalized spacial score (nSPS) is 17.3. The third-order valence-electron chi connectivity index (χ3n) is 5.37. The van der Waals surface area contributed by atoms with E-state index in [4.69, 9.17) is 9.72 Å². The Hall–Kier alpha value is -2.07. The van der Waals surface area contributed by atoms with Crippen LogP contribution in [0.15, 0.2) is 59.1 Å². The summed E-state index contributed by atoms with van der Waals surface area (Å²) in [6.45, 7) is 3.91. The first kappa shape index (κ1) is 18.3. The van der Waals surface area contributed by atoms with Gasteiger partial charge in [-0.15, -0.1) is 0 Å². The van der Waals surface area contributed by atoms with Crippen molar-refractivity contribution in [2.45, 2.75) is 45.3 Å². The number of nitrogens with zero attached hydrogens (tertiary/aromatic N) is 2. The molecule has 2 heterocycles. The van der Waals surface area contributed by atoms with Crippen molar-refractivity contribution < 1.29 is 4.74 Å². The second-order valence-corrected chi connectivity index (χ2v) is 8.08. The zero-order valence-electron chi connectivity index (χ0n) is 15.7. The molecule has 2 aromatic carbocycles. The van der Waals surface area contributed by atoms with Crippen molar-refractivity contribution in [2.75, 3.05) is 11.4 Å². The molecule has 0 saturated carbocycles. The molecule has 0 amide bonds. The summed E-state index contributed by atoms with van der Waals surface area (Å²) < 4.78 is 7.22. The SMILES string of the molecule is CCC1CCCCN1c1ccc2cccc(OCc3ccc(Br)cc3)c2n1. The molecular formula is C23H25BrN2O. The number of piperidine rings is 1. The molecule has 1 unspecified atom stereocenters. The fourth-order valence-electron chi connectivity index (χ4n) is 3.85. The van der Waals surface area contributed by atoms with Crippen LogP contribution >= 0.6 is 15.9 Å². The van der Waals surface area contributed by atoms with E-state index < -0.39 is 0 Å². The average molecular weight is 425 g/mol. The summed E-state index contributed by atoms with van der Waals surface area (Å²) in [6, 6.07) is 19.3. The summed E-state index contributed by atoms with van der Waals surface area (Å²) in [7, 11) is 0. The van der Waals surface area contributed by atoms with Gasteiger partial charge in [-0.25, -0.2) is 4.98 Å². The van der Waals surface area contributed by atoms with Gasteiger partial charge >= 0.3 is 0 Å². The fourth-order valence-corrected chi connectivity index (χ4v) is 4.12. The van der Waals surface area contributed by atoms with Crippen molar-refractivity contribution in [1.82, 2.24) is 4.98 Å². The first-order chi connectivity index (χ1) is 13.2. The number of halogens is 1. The minimum absolute atomic E-state index is 0.541. The third kappa shape index (κ3) is 4.11. The summed E-state index contributed by atoms with van der Waals surface area (Å²) in [6.07, 6.45) is 5.00. The van der Waals surface area contributed by atoms with Crippen molar-refractivity contribution in [3.8, 4) is 5.75 Å². The number of rotatable bonds is 5. The molecular weight excluding hydrogens is 400 g/mol. The topological polar surface area (TPSA) is 25.4 Å². The molecule has 1 saturated heterocycles. The number of pyridine rings is 1. The number of para-hydroxylation sites is 1. The molecule has 1 fully saturated rings. The third-order valence-corrected chi connectivity index (χ3v) is 5.90. The summed E-state index contributed by atoms with van der Waals surface area (Å²) in [5.74, 6) is 1.93. The van der Waals surface area contributed by atoms with Gasteiger partial charge in [-0.05, 0) is 61.6 Å². The molecule has 1 aromatic heterocycles. The molecule has 0 aliphatic carbocycles. The number of benzene rings is 2. The predicted octanol–water partition coefficient (Wildman–Crippen LogP) is 6.35. The summed E-state index contributed by atoms with van der Waals surface area (Å²) in [5, 5.41) is 1.12. The Bertz CT molecular complexity index is 910. The van der Waals surface area contributed by atoms with Gasteiger partial charge in [0, 0.05) is 22.4 Å². The Labute approximate surface area is 169 Å². The maximum Gasteiger partial charge on any atom is 0.146 e. The van der Waals surface area contributed by atoms with E-state index in [1.165, 1.54) is 25.7 Å². The van der Waals surface area contributed by atoms with E-state index in [1.54, 1.807) is 0 Å². The summed E-state index contributed by atoms with van der Waals surface area (Å²) in [4.78, 5) is 7.50. The second kappa shape index (κ2) is 8.30. The number of fused-ring (bicyclic) bond motifs is 1. The van der Waals surface area contributed by atoms with E-state index in [0.29, 0.717) is 12.6 Å². The van der Waals surface area contributed by atoms with Crippen LogP contribution in [0.5, 0.6) is 5.75 Å². The van der Waals surface area contributed by atoms with Crippen LogP contribution in [0.3, 0.4) is 0 Å². The van der Waals surface area contributed by atoms with E-state index in [9.17, 15) is 0 Å². The number of aromatic nitrogens is 1. The molecule has 1 atom stereocenters. The summed E-state index contributed by atoms with van der Waals surface area (Å²) >= 11 is 3.47. The Balaban J connectivity index is 1.61. The van der Waals surface area contributed by atoms with Crippen molar-refractivity contribution >= 4 is 32.7 Å². The second-order valence-electron chi connectivity index (χ2n) is 7.16. The number of hydrogen-bond acceptors (Lipinski definition) is 3. The highest BCUT2D eigenvalue weighted by Gasteiger charge is 2.22. The Kier molecular flexibility index (Phi) is 5.63. The van der Waals surface area contributed by atoms with E-state index in [1.807, 2.05) is 24.3 Å². The van der Waals surface area contributed by atoms with Crippen LogP contribution in [0.4, 0.5) is 5.82 Å². The van der Waals surface area contributed by atoms with Gasteiger partial charge in [0.15, 0.2) is 0 Å².